The van der Waals surface area contributed by atoms with Crippen LogP contribution in [0.25, 0.3) is 0 Å². The summed E-state index contributed by atoms with van der Waals surface area (Å²) in [6.45, 7) is 1.26. The van der Waals surface area contributed by atoms with Crippen molar-refractivity contribution in [2.24, 2.45) is 5.14 Å². The Morgan fingerprint density at radius 2 is 1.90 bits per heavy atom. The van der Waals surface area contributed by atoms with Gasteiger partial charge >= 0.3 is 0 Å². The van der Waals surface area contributed by atoms with E-state index in [4.69, 9.17) is 5.14 Å². The number of halogens is 1. The SMILES string of the molecule is NS(=O)(=O)c1ccc(CCNc2ncnc3c2CNN3c2ccccc2Br)cc1. The summed E-state index contributed by atoms with van der Waals surface area (Å²) in [6.07, 6.45) is 2.25. The Morgan fingerprint density at radius 3 is 2.62 bits per heavy atom. The molecule has 0 spiro atoms. The van der Waals surface area contributed by atoms with Gasteiger partial charge in [0, 0.05) is 17.6 Å². The first-order valence-corrected chi connectivity index (χ1v) is 11.2. The molecule has 0 atom stereocenters. The molecule has 1 aromatic heterocycles. The fourth-order valence-electron chi connectivity index (χ4n) is 3.15. The van der Waals surface area contributed by atoms with Gasteiger partial charge in [-0.05, 0) is 52.2 Å². The van der Waals surface area contributed by atoms with Crippen molar-refractivity contribution in [3.63, 3.8) is 0 Å². The lowest BCUT2D eigenvalue weighted by molar-refractivity contribution is 0.598. The van der Waals surface area contributed by atoms with E-state index in [9.17, 15) is 8.42 Å². The third kappa shape index (κ3) is 4.25. The lowest BCUT2D eigenvalue weighted by Crippen LogP contribution is -2.27. The van der Waals surface area contributed by atoms with Crippen molar-refractivity contribution in [3.8, 4) is 0 Å². The molecule has 1 aliphatic heterocycles. The van der Waals surface area contributed by atoms with E-state index in [2.05, 4.69) is 36.6 Å². The Kier molecular flexibility index (Phi) is 5.50. The first kappa shape index (κ1) is 19.8. The Labute approximate surface area is 177 Å². The molecule has 0 saturated heterocycles. The van der Waals surface area contributed by atoms with E-state index in [1.807, 2.05) is 29.3 Å². The van der Waals surface area contributed by atoms with Crippen LogP contribution < -0.4 is 20.9 Å². The number of anilines is 3. The van der Waals surface area contributed by atoms with Crippen molar-refractivity contribution in [1.29, 1.82) is 0 Å². The summed E-state index contributed by atoms with van der Waals surface area (Å²) in [5.74, 6) is 1.59. The first-order valence-electron chi connectivity index (χ1n) is 8.91. The molecule has 0 saturated carbocycles. The average molecular weight is 475 g/mol. The summed E-state index contributed by atoms with van der Waals surface area (Å²) >= 11 is 3.58. The van der Waals surface area contributed by atoms with Crippen molar-refractivity contribution in [3.05, 3.63) is 70.5 Å². The fraction of sp³-hybridized carbons (Fsp3) is 0.158. The maximum absolute atomic E-state index is 11.3. The number of para-hydroxylation sites is 1. The van der Waals surface area contributed by atoms with Crippen LogP contribution in [0.1, 0.15) is 11.1 Å². The summed E-state index contributed by atoms with van der Waals surface area (Å²) in [7, 11) is -3.67. The molecule has 29 heavy (non-hydrogen) atoms. The van der Waals surface area contributed by atoms with Gasteiger partial charge in [-0.15, -0.1) is 0 Å². The van der Waals surface area contributed by atoms with Gasteiger partial charge in [0.25, 0.3) is 0 Å². The standard InChI is InChI=1S/C19H19BrN6O2S/c20-16-3-1-2-4-17(16)26-19-15(11-25-26)18(23-12-24-19)22-10-9-13-5-7-14(8-6-13)29(21,27)28/h1-8,12,25H,9-11H2,(H2,21,27,28)(H,22,23,24). The number of primary sulfonamides is 1. The van der Waals surface area contributed by atoms with Gasteiger partial charge < -0.3 is 5.32 Å². The smallest absolute Gasteiger partial charge is 0.238 e. The molecule has 2 aromatic carbocycles. The topological polar surface area (TPSA) is 113 Å². The van der Waals surface area contributed by atoms with E-state index in [1.165, 1.54) is 12.1 Å². The molecule has 2 heterocycles. The lowest BCUT2D eigenvalue weighted by Gasteiger charge is -2.19. The fourth-order valence-corrected chi connectivity index (χ4v) is 4.12. The summed E-state index contributed by atoms with van der Waals surface area (Å²) in [6, 6.07) is 14.5. The molecule has 0 radical (unpaired) electrons. The highest BCUT2D eigenvalue weighted by Crippen LogP contribution is 2.36. The van der Waals surface area contributed by atoms with Crippen LogP contribution in [0.4, 0.5) is 17.3 Å². The van der Waals surface area contributed by atoms with E-state index in [1.54, 1.807) is 18.5 Å². The monoisotopic (exact) mass is 474 g/mol. The number of benzene rings is 2. The van der Waals surface area contributed by atoms with Gasteiger partial charge in [0.05, 0.1) is 16.1 Å². The van der Waals surface area contributed by atoms with Crippen molar-refractivity contribution in [1.82, 2.24) is 15.4 Å². The Bertz CT molecular complexity index is 1140. The molecule has 150 valence electrons. The minimum absolute atomic E-state index is 0.112. The summed E-state index contributed by atoms with van der Waals surface area (Å²) in [5.41, 5.74) is 6.31. The number of rotatable bonds is 6. The number of sulfonamides is 1. The predicted molar refractivity (Wildman–Crippen MR) is 115 cm³/mol. The average Bonchev–Trinajstić information content (AvgIpc) is 3.13. The molecule has 10 heteroatoms. The van der Waals surface area contributed by atoms with E-state index in [0.29, 0.717) is 19.5 Å². The zero-order valence-electron chi connectivity index (χ0n) is 15.3. The van der Waals surface area contributed by atoms with Gasteiger partial charge in [0.15, 0.2) is 5.82 Å². The Morgan fingerprint density at radius 1 is 1.14 bits per heavy atom. The van der Waals surface area contributed by atoms with E-state index in [0.717, 1.165) is 32.9 Å². The normalized spacial score (nSPS) is 13.4. The van der Waals surface area contributed by atoms with Gasteiger partial charge in [-0.2, -0.15) is 0 Å². The molecule has 0 aliphatic carbocycles. The minimum Gasteiger partial charge on any atom is -0.369 e. The number of nitrogens with zero attached hydrogens (tertiary/aromatic N) is 3. The molecule has 4 rings (SSSR count). The molecule has 1 aliphatic rings. The maximum Gasteiger partial charge on any atom is 0.238 e. The molecular weight excluding hydrogens is 456 g/mol. The Balaban J connectivity index is 1.46. The minimum atomic E-state index is -3.67. The molecule has 3 aromatic rings. The summed E-state index contributed by atoms with van der Waals surface area (Å²) in [5, 5.41) is 10.4. The number of hydrogen-bond donors (Lipinski definition) is 3. The van der Waals surface area contributed by atoms with Crippen LogP contribution in [0.5, 0.6) is 0 Å². The number of aromatic nitrogens is 2. The van der Waals surface area contributed by atoms with Crippen molar-refractivity contribution in [2.75, 3.05) is 16.9 Å². The third-order valence-electron chi connectivity index (χ3n) is 4.60. The van der Waals surface area contributed by atoms with E-state index < -0.39 is 10.0 Å². The van der Waals surface area contributed by atoms with Crippen molar-refractivity contribution >= 4 is 43.3 Å². The summed E-state index contributed by atoms with van der Waals surface area (Å²) < 4.78 is 23.6. The molecule has 4 N–H and O–H groups in total. The van der Waals surface area contributed by atoms with Gasteiger partial charge in [-0.3, -0.25) is 5.01 Å². The molecule has 8 nitrogen and oxygen atoms in total. The van der Waals surface area contributed by atoms with Crippen molar-refractivity contribution in [2.45, 2.75) is 17.9 Å². The van der Waals surface area contributed by atoms with Crippen LogP contribution in [-0.4, -0.2) is 24.9 Å². The van der Waals surface area contributed by atoms with Crippen LogP contribution in [0, 0.1) is 0 Å². The highest BCUT2D eigenvalue weighted by molar-refractivity contribution is 9.10. The van der Waals surface area contributed by atoms with Crippen LogP contribution >= 0.6 is 15.9 Å². The second-order valence-electron chi connectivity index (χ2n) is 6.51. The maximum atomic E-state index is 11.3. The second-order valence-corrected chi connectivity index (χ2v) is 8.93. The number of nitrogens with two attached hydrogens (primary N) is 1. The van der Waals surface area contributed by atoms with Crippen LogP contribution in [0.15, 0.2) is 64.2 Å². The lowest BCUT2D eigenvalue weighted by atomic mass is 10.1. The van der Waals surface area contributed by atoms with Gasteiger partial charge in [-0.1, -0.05) is 24.3 Å². The zero-order chi connectivity index (χ0) is 20.4. The molecule has 0 unspecified atom stereocenters. The van der Waals surface area contributed by atoms with Gasteiger partial charge in [0.2, 0.25) is 10.0 Å². The highest BCUT2D eigenvalue weighted by atomic mass is 79.9. The van der Waals surface area contributed by atoms with Crippen LogP contribution in [0.2, 0.25) is 0 Å². The summed E-state index contributed by atoms with van der Waals surface area (Å²) in [4.78, 5) is 8.93. The zero-order valence-corrected chi connectivity index (χ0v) is 17.7. The van der Waals surface area contributed by atoms with Crippen LogP contribution in [-0.2, 0) is 23.0 Å². The molecule has 0 fully saturated rings. The number of hydrogen-bond acceptors (Lipinski definition) is 7. The molecule has 0 amide bonds. The van der Waals surface area contributed by atoms with Gasteiger partial charge in [0.1, 0.15) is 12.1 Å². The quantitative estimate of drug-likeness (QED) is 0.503. The number of fused-ring (bicyclic) bond motifs is 1. The number of nitrogens with one attached hydrogen (secondary N) is 2. The van der Waals surface area contributed by atoms with E-state index >= 15 is 0 Å². The van der Waals surface area contributed by atoms with Gasteiger partial charge in [-0.25, -0.2) is 29.0 Å². The van der Waals surface area contributed by atoms with Crippen molar-refractivity contribution < 1.29 is 8.42 Å². The third-order valence-corrected chi connectivity index (χ3v) is 6.20. The number of hydrazine groups is 1. The Hall–Kier alpha value is -2.53. The first-order chi connectivity index (χ1) is 13.9. The predicted octanol–water partition coefficient (Wildman–Crippen LogP) is 2.70. The molecule has 0 bridgehead atoms. The van der Waals surface area contributed by atoms with Crippen LogP contribution in [0.3, 0.4) is 0 Å². The largest absolute Gasteiger partial charge is 0.369 e. The second kappa shape index (κ2) is 8.07. The van der Waals surface area contributed by atoms with E-state index in [-0.39, 0.29) is 4.90 Å². The highest BCUT2D eigenvalue weighted by Gasteiger charge is 2.26. The molecular formula is C19H19BrN6O2S.